The minimum Gasteiger partial charge on any atom is -0.389 e. The quantitative estimate of drug-likeness (QED) is 0.413. The average molecular weight is 221 g/mol. The van der Waals surface area contributed by atoms with Crippen LogP contribution in [-0.2, 0) is 0 Å². The molecule has 0 amide bonds. The SMILES string of the molecule is CC(O)c1cccc(N=C(N)N=C(N)N)c1. The van der Waals surface area contributed by atoms with E-state index in [1.165, 1.54) is 0 Å². The van der Waals surface area contributed by atoms with Crippen molar-refractivity contribution in [3.8, 4) is 0 Å². The number of rotatable bonds is 2. The number of benzene rings is 1. The molecule has 0 spiro atoms. The van der Waals surface area contributed by atoms with Crippen LogP contribution in [0.15, 0.2) is 34.3 Å². The van der Waals surface area contributed by atoms with E-state index in [1.807, 2.05) is 0 Å². The third kappa shape index (κ3) is 3.58. The molecule has 0 saturated heterocycles. The van der Waals surface area contributed by atoms with E-state index in [4.69, 9.17) is 17.2 Å². The maximum Gasteiger partial charge on any atom is 0.223 e. The molecule has 86 valence electrons. The lowest BCUT2D eigenvalue weighted by molar-refractivity contribution is 0.199. The smallest absolute Gasteiger partial charge is 0.223 e. The molecule has 1 unspecified atom stereocenters. The lowest BCUT2D eigenvalue weighted by Crippen LogP contribution is -2.26. The second kappa shape index (κ2) is 5.13. The summed E-state index contributed by atoms with van der Waals surface area (Å²) in [5.41, 5.74) is 17.1. The van der Waals surface area contributed by atoms with Crippen molar-refractivity contribution >= 4 is 17.6 Å². The van der Waals surface area contributed by atoms with E-state index >= 15 is 0 Å². The Bertz CT molecular complexity index is 421. The zero-order chi connectivity index (χ0) is 12.1. The van der Waals surface area contributed by atoms with Crippen molar-refractivity contribution in [3.05, 3.63) is 29.8 Å². The zero-order valence-corrected chi connectivity index (χ0v) is 8.96. The van der Waals surface area contributed by atoms with E-state index in [2.05, 4.69) is 9.98 Å². The molecule has 1 rings (SSSR count). The second-order valence-electron chi connectivity index (χ2n) is 3.28. The van der Waals surface area contributed by atoms with Crippen LogP contribution in [0, 0.1) is 0 Å². The zero-order valence-electron chi connectivity index (χ0n) is 8.96. The van der Waals surface area contributed by atoms with E-state index in [9.17, 15) is 5.11 Å². The molecule has 1 aromatic carbocycles. The lowest BCUT2D eigenvalue weighted by Gasteiger charge is -2.04. The molecule has 1 aromatic rings. The largest absolute Gasteiger partial charge is 0.389 e. The first-order valence-corrected chi connectivity index (χ1v) is 4.71. The highest BCUT2D eigenvalue weighted by Gasteiger charge is 2.01. The molecular weight excluding hydrogens is 206 g/mol. The van der Waals surface area contributed by atoms with Crippen molar-refractivity contribution < 1.29 is 5.11 Å². The van der Waals surface area contributed by atoms with Gasteiger partial charge in [0.05, 0.1) is 11.8 Å². The topological polar surface area (TPSA) is 123 Å². The number of guanidine groups is 2. The van der Waals surface area contributed by atoms with Gasteiger partial charge >= 0.3 is 0 Å². The Morgan fingerprint density at radius 3 is 2.56 bits per heavy atom. The van der Waals surface area contributed by atoms with Gasteiger partial charge in [0, 0.05) is 0 Å². The third-order valence-corrected chi connectivity index (χ3v) is 1.84. The standard InChI is InChI=1S/C10H15N5O/c1-6(16)7-3-2-4-8(5-7)14-10(13)15-9(11)12/h2-6,16H,1H3,(H6,11,12,13,14,15). The van der Waals surface area contributed by atoms with Gasteiger partial charge in [-0.3, -0.25) is 0 Å². The highest BCUT2D eigenvalue weighted by Crippen LogP contribution is 2.19. The van der Waals surface area contributed by atoms with Gasteiger partial charge < -0.3 is 22.3 Å². The number of hydrogen-bond acceptors (Lipinski definition) is 2. The molecule has 0 bridgehead atoms. The number of nitrogens with two attached hydrogens (primary N) is 3. The summed E-state index contributed by atoms with van der Waals surface area (Å²) in [5, 5.41) is 9.38. The minimum absolute atomic E-state index is 0.0252. The van der Waals surface area contributed by atoms with Gasteiger partial charge in [0.2, 0.25) is 5.96 Å². The first-order valence-electron chi connectivity index (χ1n) is 4.71. The van der Waals surface area contributed by atoms with Crippen LogP contribution in [0.4, 0.5) is 5.69 Å². The summed E-state index contributed by atoms with van der Waals surface area (Å²) < 4.78 is 0. The van der Waals surface area contributed by atoms with Crippen LogP contribution in [-0.4, -0.2) is 17.0 Å². The highest BCUT2D eigenvalue weighted by molar-refractivity contribution is 5.93. The molecule has 0 heterocycles. The van der Waals surface area contributed by atoms with E-state index in [1.54, 1.807) is 31.2 Å². The van der Waals surface area contributed by atoms with Crippen molar-refractivity contribution in [2.75, 3.05) is 0 Å². The number of aliphatic hydroxyl groups is 1. The second-order valence-corrected chi connectivity index (χ2v) is 3.28. The lowest BCUT2D eigenvalue weighted by atomic mass is 10.1. The van der Waals surface area contributed by atoms with Crippen molar-refractivity contribution in [2.45, 2.75) is 13.0 Å². The van der Waals surface area contributed by atoms with E-state index in [-0.39, 0.29) is 11.9 Å². The summed E-state index contributed by atoms with van der Waals surface area (Å²) in [5.74, 6) is -0.171. The summed E-state index contributed by atoms with van der Waals surface area (Å²) in [6.07, 6.45) is -0.556. The monoisotopic (exact) mass is 221 g/mol. The molecule has 0 aliphatic carbocycles. The van der Waals surface area contributed by atoms with Crippen LogP contribution in [0.3, 0.4) is 0 Å². The Hall–Kier alpha value is -2.08. The molecule has 0 radical (unpaired) electrons. The Morgan fingerprint density at radius 1 is 1.31 bits per heavy atom. The van der Waals surface area contributed by atoms with Gasteiger partial charge in [-0.05, 0) is 24.6 Å². The summed E-state index contributed by atoms with van der Waals surface area (Å²) in [6, 6.07) is 7.00. The fourth-order valence-electron chi connectivity index (χ4n) is 1.14. The Labute approximate surface area is 93.5 Å². The molecule has 6 nitrogen and oxygen atoms in total. The molecule has 0 aromatic heterocycles. The summed E-state index contributed by atoms with van der Waals surface area (Å²) in [6.45, 7) is 1.67. The third-order valence-electron chi connectivity index (χ3n) is 1.84. The van der Waals surface area contributed by atoms with E-state index in [0.717, 1.165) is 5.56 Å². The van der Waals surface area contributed by atoms with Crippen molar-refractivity contribution in [3.63, 3.8) is 0 Å². The molecule has 1 atom stereocenters. The molecule has 0 aliphatic rings. The van der Waals surface area contributed by atoms with Crippen LogP contribution in [0.2, 0.25) is 0 Å². The predicted octanol–water partition coefficient (Wildman–Crippen LogP) is -0.0405. The van der Waals surface area contributed by atoms with Crippen LogP contribution in [0.1, 0.15) is 18.6 Å². The van der Waals surface area contributed by atoms with Crippen LogP contribution in [0.5, 0.6) is 0 Å². The summed E-state index contributed by atoms with van der Waals surface area (Å²) >= 11 is 0. The van der Waals surface area contributed by atoms with Gasteiger partial charge in [0.25, 0.3) is 0 Å². The van der Waals surface area contributed by atoms with Crippen LogP contribution < -0.4 is 17.2 Å². The Balaban J connectivity index is 2.97. The maximum absolute atomic E-state index is 9.38. The molecule has 7 N–H and O–H groups in total. The molecule has 0 aliphatic heterocycles. The van der Waals surface area contributed by atoms with Gasteiger partial charge in [0.15, 0.2) is 5.96 Å². The highest BCUT2D eigenvalue weighted by atomic mass is 16.3. The van der Waals surface area contributed by atoms with Gasteiger partial charge in [0.1, 0.15) is 0 Å². The maximum atomic E-state index is 9.38. The Morgan fingerprint density at radius 2 is 2.00 bits per heavy atom. The predicted molar refractivity (Wildman–Crippen MR) is 64.2 cm³/mol. The number of hydrogen-bond donors (Lipinski definition) is 4. The first-order chi connectivity index (χ1) is 7.49. The normalized spacial score (nSPS) is 13.2. The molecule has 0 saturated carbocycles. The van der Waals surface area contributed by atoms with Crippen molar-refractivity contribution in [1.82, 2.24) is 0 Å². The summed E-state index contributed by atoms with van der Waals surface area (Å²) in [7, 11) is 0. The number of aliphatic imine (C=N–C) groups is 2. The van der Waals surface area contributed by atoms with Crippen molar-refractivity contribution in [2.24, 2.45) is 27.2 Å². The van der Waals surface area contributed by atoms with Gasteiger partial charge in [-0.2, -0.15) is 4.99 Å². The molecule has 16 heavy (non-hydrogen) atoms. The van der Waals surface area contributed by atoms with Crippen molar-refractivity contribution in [1.29, 1.82) is 0 Å². The first kappa shape index (κ1) is 12.0. The van der Waals surface area contributed by atoms with E-state index < -0.39 is 6.10 Å². The molecular formula is C10H15N5O. The van der Waals surface area contributed by atoms with Gasteiger partial charge in [-0.15, -0.1) is 0 Å². The molecule has 6 heteroatoms. The minimum atomic E-state index is -0.556. The van der Waals surface area contributed by atoms with Gasteiger partial charge in [-0.25, -0.2) is 4.99 Å². The fourth-order valence-corrected chi connectivity index (χ4v) is 1.14. The fraction of sp³-hybridized carbons (Fsp3) is 0.200. The summed E-state index contributed by atoms with van der Waals surface area (Å²) in [4.78, 5) is 7.56. The van der Waals surface area contributed by atoms with Gasteiger partial charge in [-0.1, -0.05) is 12.1 Å². The average Bonchev–Trinajstić information content (AvgIpc) is 2.16. The Kier molecular flexibility index (Phi) is 3.84. The van der Waals surface area contributed by atoms with E-state index in [0.29, 0.717) is 5.69 Å². The van der Waals surface area contributed by atoms with Crippen LogP contribution >= 0.6 is 0 Å². The number of nitrogens with zero attached hydrogens (tertiary/aromatic N) is 2. The molecule has 0 fully saturated rings. The number of aliphatic hydroxyl groups excluding tert-OH is 1. The van der Waals surface area contributed by atoms with Crippen LogP contribution in [0.25, 0.3) is 0 Å².